The van der Waals surface area contributed by atoms with E-state index in [1.54, 1.807) is 11.3 Å². The lowest BCUT2D eigenvalue weighted by Gasteiger charge is -2.25. The van der Waals surface area contributed by atoms with E-state index >= 15 is 0 Å². The molecule has 1 saturated heterocycles. The number of aromatic nitrogens is 1. The average molecular weight is 385 g/mol. The highest BCUT2D eigenvalue weighted by atomic mass is 32.1. The van der Waals surface area contributed by atoms with Crippen molar-refractivity contribution in [3.63, 3.8) is 0 Å². The van der Waals surface area contributed by atoms with E-state index in [1.807, 2.05) is 0 Å². The van der Waals surface area contributed by atoms with Crippen molar-refractivity contribution in [3.8, 4) is 0 Å². The van der Waals surface area contributed by atoms with Crippen molar-refractivity contribution in [1.29, 1.82) is 0 Å². The molecule has 5 nitrogen and oxygen atoms in total. The lowest BCUT2D eigenvalue weighted by Crippen LogP contribution is -2.29. The fraction of sp³-hybridized carbons (Fsp3) is 0.524. The maximum atomic E-state index is 12.3. The molecule has 4 rings (SSSR count). The Balaban J connectivity index is 1.28. The quantitative estimate of drug-likeness (QED) is 0.801. The van der Waals surface area contributed by atoms with Crippen LogP contribution in [-0.4, -0.2) is 35.4 Å². The number of hydrogen-bond donors (Lipinski definition) is 2. The van der Waals surface area contributed by atoms with E-state index < -0.39 is 0 Å². The number of amides is 1. The van der Waals surface area contributed by atoms with Crippen LogP contribution in [0.15, 0.2) is 30.3 Å². The van der Waals surface area contributed by atoms with E-state index in [0.717, 1.165) is 56.4 Å². The highest BCUT2D eigenvalue weighted by molar-refractivity contribution is 7.15. The number of fused-ring (bicyclic) bond motifs is 1. The third-order valence-corrected chi connectivity index (χ3v) is 6.54. The van der Waals surface area contributed by atoms with Crippen molar-refractivity contribution < 1.29 is 4.79 Å². The molecule has 1 aromatic heterocycles. The fourth-order valence-corrected chi connectivity index (χ4v) is 5.03. The third-order valence-electron chi connectivity index (χ3n) is 5.54. The van der Waals surface area contributed by atoms with Gasteiger partial charge in [0.2, 0.25) is 5.91 Å². The first kappa shape index (κ1) is 18.6. The first-order valence-electron chi connectivity index (χ1n) is 10.0. The molecule has 27 heavy (non-hydrogen) atoms. The summed E-state index contributed by atoms with van der Waals surface area (Å²) in [5, 5.41) is 7.19. The standard InChI is InChI=1S/C21H28N4OS/c26-20(7-6-16-8-11-22-12-9-16)24-21-23-18-10-13-25(15-19(18)27-21)14-17-4-2-1-3-5-17/h1-5,16,22H,6-15H2,(H,23,24,26). The summed E-state index contributed by atoms with van der Waals surface area (Å²) in [6, 6.07) is 10.6. The molecule has 2 aromatic rings. The minimum absolute atomic E-state index is 0.112. The molecule has 2 N–H and O–H groups in total. The number of rotatable bonds is 6. The number of hydrogen-bond acceptors (Lipinski definition) is 5. The van der Waals surface area contributed by atoms with Gasteiger partial charge in [-0.1, -0.05) is 30.3 Å². The molecule has 1 fully saturated rings. The van der Waals surface area contributed by atoms with Gasteiger partial charge >= 0.3 is 0 Å². The van der Waals surface area contributed by atoms with Crippen LogP contribution in [0.5, 0.6) is 0 Å². The van der Waals surface area contributed by atoms with Gasteiger partial charge in [0, 0.05) is 37.4 Å². The second kappa shape index (κ2) is 8.95. The van der Waals surface area contributed by atoms with Gasteiger partial charge in [-0.25, -0.2) is 4.98 Å². The summed E-state index contributed by atoms with van der Waals surface area (Å²) >= 11 is 1.64. The zero-order chi connectivity index (χ0) is 18.5. The smallest absolute Gasteiger partial charge is 0.226 e. The van der Waals surface area contributed by atoms with Crippen molar-refractivity contribution in [2.24, 2.45) is 5.92 Å². The van der Waals surface area contributed by atoms with E-state index in [0.29, 0.717) is 12.3 Å². The second-order valence-electron chi connectivity index (χ2n) is 7.62. The van der Waals surface area contributed by atoms with Crippen LogP contribution in [0.3, 0.4) is 0 Å². The number of thiazole rings is 1. The summed E-state index contributed by atoms with van der Waals surface area (Å²) in [6.45, 7) is 5.09. The van der Waals surface area contributed by atoms with Gasteiger partial charge in [-0.2, -0.15) is 0 Å². The van der Waals surface area contributed by atoms with Crippen molar-refractivity contribution in [2.45, 2.75) is 45.2 Å². The SMILES string of the molecule is O=C(CCC1CCNCC1)Nc1nc2c(s1)CN(Cc1ccccc1)CC2. The molecule has 0 atom stereocenters. The Morgan fingerprint density at radius 2 is 2.07 bits per heavy atom. The number of piperidine rings is 1. The lowest BCUT2D eigenvalue weighted by atomic mass is 9.93. The normalized spacial score (nSPS) is 18.2. The van der Waals surface area contributed by atoms with Gasteiger partial charge in [-0.05, 0) is 43.8 Å². The second-order valence-corrected chi connectivity index (χ2v) is 8.70. The van der Waals surface area contributed by atoms with Gasteiger partial charge < -0.3 is 10.6 Å². The maximum absolute atomic E-state index is 12.3. The van der Waals surface area contributed by atoms with Crippen LogP contribution in [0, 0.1) is 5.92 Å². The van der Waals surface area contributed by atoms with Crippen molar-refractivity contribution in [2.75, 3.05) is 25.0 Å². The molecular formula is C21H28N4OS. The molecular weight excluding hydrogens is 356 g/mol. The zero-order valence-corrected chi connectivity index (χ0v) is 16.6. The Morgan fingerprint density at radius 1 is 1.26 bits per heavy atom. The molecule has 0 saturated carbocycles. The highest BCUT2D eigenvalue weighted by Gasteiger charge is 2.22. The molecule has 0 unspecified atom stereocenters. The van der Waals surface area contributed by atoms with E-state index in [1.165, 1.54) is 23.3 Å². The minimum Gasteiger partial charge on any atom is -0.317 e. The predicted octanol–water partition coefficient (Wildman–Crippen LogP) is 3.42. The molecule has 144 valence electrons. The molecule has 1 aromatic carbocycles. The van der Waals surface area contributed by atoms with E-state index in [-0.39, 0.29) is 5.91 Å². The molecule has 0 bridgehead atoms. The van der Waals surface area contributed by atoms with Gasteiger partial charge in [0.05, 0.1) is 5.69 Å². The Kier molecular flexibility index (Phi) is 6.17. The average Bonchev–Trinajstić information content (AvgIpc) is 3.09. The van der Waals surface area contributed by atoms with Gasteiger partial charge in [0.1, 0.15) is 0 Å². The summed E-state index contributed by atoms with van der Waals surface area (Å²) in [5.41, 5.74) is 2.51. The van der Waals surface area contributed by atoms with Crippen LogP contribution in [0.25, 0.3) is 0 Å². The van der Waals surface area contributed by atoms with Crippen molar-refractivity contribution in [3.05, 3.63) is 46.5 Å². The number of benzene rings is 1. The van der Waals surface area contributed by atoms with Crippen LogP contribution in [-0.2, 0) is 24.3 Å². The van der Waals surface area contributed by atoms with E-state index in [2.05, 4.69) is 50.8 Å². The van der Waals surface area contributed by atoms with Gasteiger partial charge in [-0.15, -0.1) is 11.3 Å². The fourth-order valence-electron chi connectivity index (χ4n) is 3.97. The Morgan fingerprint density at radius 3 is 2.89 bits per heavy atom. The number of anilines is 1. The lowest BCUT2D eigenvalue weighted by molar-refractivity contribution is -0.116. The van der Waals surface area contributed by atoms with Crippen LogP contribution >= 0.6 is 11.3 Å². The molecule has 6 heteroatoms. The van der Waals surface area contributed by atoms with E-state index in [9.17, 15) is 4.79 Å². The molecule has 2 aliphatic heterocycles. The molecule has 0 spiro atoms. The van der Waals surface area contributed by atoms with Crippen LogP contribution < -0.4 is 10.6 Å². The van der Waals surface area contributed by atoms with Crippen LogP contribution in [0.1, 0.15) is 41.8 Å². The third kappa shape index (κ3) is 5.15. The summed E-state index contributed by atoms with van der Waals surface area (Å²) in [4.78, 5) is 20.7. The largest absolute Gasteiger partial charge is 0.317 e. The first-order chi connectivity index (χ1) is 13.3. The molecule has 2 aliphatic rings. The minimum atomic E-state index is 0.112. The Hall–Kier alpha value is -1.76. The van der Waals surface area contributed by atoms with E-state index in [4.69, 9.17) is 0 Å². The van der Waals surface area contributed by atoms with Crippen LogP contribution in [0.2, 0.25) is 0 Å². The Labute approximate surface area is 165 Å². The molecule has 1 amide bonds. The number of nitrogens with one attached hydrogen (secondary N) is 2. The van der Waals surface area contributed by atoms with Gasteiger partial charge in [0.15, 0.2) is 5.13 Å². The first-order valence-corrected chi connectivity index (χ1v) is 10.8. The Bertz CT molecular complexity index is 755. The van der Waals surface area contributed by atoms with Crippen LogP contribution in [0.4, 0.5) is 5.13 Å². The molecule has 0 aliphatic carbocycles. The number of carbonyl (C=O) groups excluding carboxylic acids is 1. The summed E-state index contributed by atoms with van der Waals surface area (Å²) in [7, 11) is 0. The molecule has 3 heterocycles. The van der Waals surface area contributed by atoms with Gasteiger partial charge in [0.25, 0.3) is 0 Å². The summed E-state index contributed by atoms with van der Waals surface area (Å²) < 4.78 is 0. The maximum Gasteiger partial charge on any atom is 0.226 e. The van der Waals surface area contributed by atoms with Crippen molar-refractivity contribution >= 4 is 22.4 Å². The number of nitrogens with zero attached hydrogens (tertiary/aromatic N) is 2. The number of carbonyl (C=O) groups is 1. The highest BCUT2D eigenvalue weighted by Crippen LogP contribution is 2.29. The summed E-state index contributed by atoms with van der Waals surface area (Å²) in [5.74, 6) is 0.800. The topological polar surface area (TPSA) is 57.3 Å². The predicted molar refractivity (Wildman–Crippen MR) is 110 cm³/mol. The molecule has 0 radical (unpaired) electrons. The van der Waals surface area contributed by atoms with Crippen molar-refractivity contribution in [1.82, 2.24) is 15.2 Å². The zero-order valence-electron chi connectivity index (χ0n) is 15.7. The summed E-state index contributed by atoms with van der Waals surface area (Å²) in [6.07, 6.45) is 4.94. The van der Waals surface area contributed by atoms with Gasteiger partial charge in [-0.3, -0.25) is 9.69 Å². The monoisotopic (exact) mass is 384 g/mol.